The number of hydrogen-bond donors (Lipinski definition) is 1. The van der Waals surface area contributed by atoms with Crippen LogP contribution < -0.4 is 5.32 Å². The average molecular weight is 365 g/mol. The van der Waals surface area contributed by atoms with Gasteiger partial charge in [0.1, 0.15) is 5.92 Å². The molecule has 0 bridgehead atoms. The minimum Gasteiger partial charge on any atom is -0.454 e. The van der Waals surface area contributed by atoms with E-state index < -0.39 is 5.92 Å². The Morgan fingerprint density at radius 1 is 1.48 bits per heavy atom. The zero-order valence-electron chi connectivity index (χ0n) is 13.8. The van der Waals surface area contributed by atoms with E-state index in [0.29, 0.717) is 49.8 Å². The first-order valence-corrected chi connectivity index (χ1v) is 8.40. The van der Waals surface area contributed by atoms with Crippen molar-refractivity contribution in [3.05, 3.63) is 23.7 Å². The molecular weight excluding hydrogens is 346 g/mol. The maximum absolute atomic E-state index is 12.7. The molecular formula is C16H19N3O5S. The Labute approximate surface area is 150 Å². The third-order valence-corrected chi connectivity index (χ3v) is 4.30. The maximum Gasteiger partial charge on any atom is 0.241 e. The van der Waals surface area contributed by atoms with Crippen LogP contribution in [0.1, 0.15) is 12.8 Å². The summed E-state index contributed by atoms with van der Waals surface area (Å²) in [4.78, 5) is 30.2. The van der Waals surface area contributed by atoms with Crippen LogP contribution in [0.25, 0.3) is 0 Å². The van der Waals surface area contributed by atoms with Crippen LogP contribution >= 0.6 is 12.2 Å². The summed E-state index contributed by atoms with van der Waals surface area (Å²) < 4.78 is 15.5. The van der Waals surface area contributed by atoms with Gasteiger partial charge in [-0.2, -0.15) is 0 Å². The number of amides is 2. The van der Waals surface area contributed by atoms with E-state index in [1.165, 1.54) is 4.90 Å². The van der Waals surface area contributed by atoms with E-state index in [-0.39, 0.29) is 23.7 Å². The molecule has 1 N–H and O–H groups in total. The van der Waals surface area contributed by atoms with Gasteiger partial charge in [0.05, 0.1) is 12.3 Å². The minimum absolute atomic E-state index is 0.0829. The van der Waals surface area contributed by atoms with Gasteiger partial charge < -0.3 is 19.5 Å². The zero-order valence-corrected chi connectivity index (χ0v) is 14.6. The third-order valence-electron chi connectivity index (χ3n) is 3.99. The van der Waals surface area contributed by atoms with Crippen molar-refractivity contribution in [2.45, 2.75) is 12.8 Å². The van der Waals surface area contributed by atoms with Crippen LogP contribution in [-0.2, 0) is 23.8 Å². The molecule has 134 valence electrons. The van der Waals surface area contributed by atoms with Crippen molar-refractivity contribution < 1.29 is 23.8 Å². The molecule has 0 aromatic heterocycles. The molecule has 0 saturated carbocycles. The molecule has 3 rings (SSSR count). The second-order valence-corrected chi connectivity index (χ2v) is 6.04. The molecule has 2 amide bonds. The van der Waals surface area contributed by atoms with Crippen molar-refractivity contribution >= 4 is 34.9 Å². The first kappa shape index (κ1) is 17.6. The van der Waals surface area contributed by atoms with Gasteiger partial charge in [0.2, 0.25) is 23.7 Å². The molecule has 0 aromatic carbocycles. The molecule has 1 fully saturated rings. The number of fused-ring (bicyclic) bond motifs is 2. The highest BCUT2D eigenvalue weighted by Gasteiger charge is 2.38. The molecule has 1 aliphatic carbocycles. The Balaban J connectivity index is 1.57. The predicted molar refractivity (Wildman–Crippen MR) is 92.6 cm³/mol. The fourth-order valence-corrected chi connectivity index (χ4v) is 3.01. The van der Waals surface area contributed by atoms with Crippen LogP contribution in [0.3, 0.4) is 0 Å². The molecule has 0 aromatic rings. The highest BCUT2D eigenvalue weighted by Crippen LogP contribution is 2.31. The van der Waals surface area contributed by atoms with Gasteiger partial charge in [-0.3, -0.25) is 14.5 Å². The predicted octanol–water partition coefficient (Wildman–Crippen LogP) is 0.499. The van der Waals surface area contributed by atoms with Gasteiger partial charge in [0, 0.05) is 32.7 Å². The number of carbonyl (C=O) groups is 2. The van der Waals surface area contributed by atoms with Crippen molar-refractivity contribution in [1.82, 2.24) is 10.2 Å². The number of hydrogen-bond acceptors (Lipinski definition) is 6. The van der Waals surface area contributed by atoms with E-state index in [0.717, 1.165) is 0 Å². The molecule has 25 heavy (non-hydrogen) atoms. The fourth-order valence-electron chi connectivity index (χ4n) is 2.72. The van der Waals surface area contributed by atoms with Crippen LogP contribution in [0, 0.1) is 5.92 Å². The first-order valence-electron chi connectivity index (χ1n) is 7.99. The number of ether oxygens (including phenoxy) is 3. The number of rotatable bonds is 7. The normalized spacial score (nSPS) is 21.4. The van der Waals surface area contributed by atoms with Gasteiger partial charge in [-0.25, -0.2) is 4.99 Å². The zero-order chi connectivity index (χ0) is 17.8. The summed E-state index contributed by atoms with van der Waals surface area (Å²) in [6.45, 7) is 1.42. The molecule has 8 nitrogen and oxygen atoms in total. The number of thiocarbonyl (C=S) groups is 1. The fraction of sp³-hybridized carbons (Fsp3) is 0.500. The lowest BCUT2D eigenvalue weighted by Gasteiger charge is -2.30. The van der Waals surface area contributed by atoms with E-state index >= 15 is 0 Å². The van der Waals surface area contributed by atoms with E-state index in [1.807, 2.05) is 0 Å². The van der Waals surface area contributed by atoms with E-state index in [9.17, 15) is 9.59 Å². The lowest BCUT2D eigenvalue weighted by Crippen LogP contribution is -2.46. The summed E-state index contributed by atoms with van der Waals surface area (Å²) >= 11 is 5.24. The third kappa shape index (κ3) is 3.88. The van der Waals surface area contributed by atoms with E-state index in [4.69, 9.17) is 26.4 Å². The molecule has 1 unspecified atom stereocenters. The number of nitrogens with zero attached hydrogens (tertiary/aromatic N) is 2. The second kappa shape index (κ2) is 7.75. The molecule has 1 saturated heterocycles. The van der Waals surface area contributed by atoms with Crippen LogP contribution in [0.15, 0.2) is 28.7 Å². The van der Waals surface area contributed by atoms with Crippen molar-refractivity contribution in [3.63, 3.8) is 0 Å². The lowest BCUT2D eigenvalue weighted by atomic mass is 9.94. The average Bonchev–Trinajstić information content (AvgIpc) is 3.04. The number of nitrogens with one attached hydrogen (secondary N) is 1. The number of methoxy groups -OCH3 is 1. The summed E-state index contributed by atoms with van der Waals surface area (Å²) in [5, 5.41) is 2.95. The second-order valence-electron chi connectivity index (χ2n) is 5.68. The van der Waals surface area contributed by atoms with Crippen LogP contribution in [0.2, 0.25) is 0 Å². The Morgan fingerprint density at radius 2 is 2.28 bits per heavy atom. The molecule has 0 radical (unpaired) electrons. The van der Waals surface area contributed by atoms with Crippen LogP contribution in [0.5, 0.6) is 0 Å². The molecule has 0 spiro atoms. The van der Waals surface area contributed by atoms with Crippen LogP contribution in [-0.4, -0.2) is 61.1 Å². The number of aliphatic imine (C=N–C) groups is 1. The Morgan fingerprint density at radius 3 is 3.08 bits per heavy atom. The largest absolute Gasteiger partial charge is 0.454 e. The van der Waals surface area contributed by atoms with Gasteiger partial charge in [-0.05, 0) is 24.7 Å². The molecule has 2 aliphatic heterocycles. The minimum atomic E-state index is -0.525. The van der Waals surface area contributed by atoms with Crippen molar-refractivity contribution in [3.8, 4) is 0 Å². The summed E-state index contributed by atoms with van der Waals surface area (Å²) in [5.41, 5.74) is 0.563. The topological polar surface area (TPSA) is 89.5 Å². The Bertz CT molecular complexity index is 685. The SMILES string of the molecule is COCCNC(=O)CCCN1C(=O)C2C=C3OCOC3=CC2=NC1=S. The molecule has 1 atom stereocenters. The summed E-state index contributed by atoms with van der Waals surface area (Å²) in [6, 6.07) is 0. The Hall–Kier alpha value is -2.26. The van der Waals surface area contributed by atoms with Gasteiger partial charge in [0.15, 0.2) is 11.5 Å². The van der Waals surface area contributed by atoms with Crippen molar-refractivity contribution in [1.29, 1.82) is 0 Å². The first-order chi connectivity index (χ1) is 12.1. The molecule has 3 aliphatic rings. The van der Waals surface area contributed by atoms with Crippen molar-refractivity contribution in [2.75, 3.05) is 33.6 Å². The van der Waals surface area contributed by atoms with Crippen molar-refractivity contribution in [2.24, 2.45) is 10.9 Å². The summed E-state index contributed by atoms with van der Waals surface area (Å²) in [7, 11) is 1.57. The summed E-state index contributed by atoms with van der Waals surface area (Å²) in [6.07, 6.45) is 4.20. The number of carbonyl (C=O) groups excluding carboxylic acids is 2. The van der Waals surface area contributed by atoms with E-state index in [1.54, 1.807) is 19.3 Å². The Kier molecular flexibility index (Phi) is 5.44. The molecule has 2 heterocycles. The van der Waals surface area contributed by atoms with Gasteiger partial charge in [-0.1, -0.05) is 0 Å². The quantitative estimate of drug-likeness (QED) is 0.522. The summed E-state index contributed by atoms with van der Waals surface area (Å²) in [5.74, 6) is 0.366. The standard InChI is InChI=1S/C16H19N3O5S/c1-22-6-4-17-14(20)3-2-5-19-15(21)10-7-12-13(24-9-23-12)8-11(10)18-16(19)25/h7-8,10H,2-6,9H2,1H3,(H,17,20). The van der Waals surface area contributed by atoms with Gasteiger partial charge in [0.25, 0.3) is 0 Å². The number of allylic oxidation sites excluding steroid dienone is 1. The van der Waals surface area contributed by atoms with Crippen LogP contribution in [0.4, 0.5) is 0 Å². The smallest absolute Gasteiger partial charge is 0.241 e. The highest BCUT2D eigenvalue weighted by atomic mass is 32.1. The van der Waals surface area contributed by atoms with Gasteiger partial charge in [-0.15, -0.1) is 0 Å². The monoisotopic (exact) mass is 365 g/mol. The highest BCUT2D eigenvalue weighted by molar-refractivity contribution is 7.80. The maximum atomic E-state index is 12.7. The lowest BCUT2D eigenvalue weighted by molar-refractivity contribution is -0.129. The molecule has 9 heteroatoms. The van der Waals surface area contributed by atoms with Gasteiger partial charge >= 0.3 is 0 Å². The van der Waals surface area contributed by atoms with E-state index in [2.05, 4.69) is 10.3 Å².